The van der Waals surface area contributed by atoms with E-state index in [0.717, 1.165) is 47.0 Å². The summed E-state index contributed by atoms with van der Waals surface area (Å²) in [7, 11) is 3.22. The van der Waals surface area contributed by atoms with Gasteiger partial charge in [0.2, 0.25) is 0 Å². The monoisotopic (exact) mass is 678 g/mol. The maximum absolute atomic E-state index is 11.4. The summed E-state index contributed by atoms with van der Waals surface area (Å²) in [5.74, 6) is -9.22. The highest BCUT2D eigenvalue weighted by Gasteiger charge is 2.49. The zero-order valence-corrected chi connectivity index (χ0v) is 28.6. The highest BCUT2D eigenvalue weighted by molar-refractivity contribution is 5.90. The summed E-state index contributed by atoms with van der Waals surface area (Å²) in [5.41, 5.74) is -5.04. The Bertz CT molecular complexity index is 916. The molecule has 274 valence electrons. The average Bonchev–Trinajstić information content (AvgIpc) is 3.01. The van der Waals surface area contributed by atoms with Crippen molar-refractivity contribution < 1.29 is 68.5 Å². The van der Waals surface area contributed by atoms with Gasteiger partial charge in [0.25, 0.3) is 0 Å². The third kappa shape index (κ3) is 21.3. The van der Waals surface area contributed by atoms with E-state index in [9.17, 15) is 44.1 Å². The first-order valence-corrected chi connectivity index (χ1v) is 16.5. The van der Waals surface area contributed by atoms with Crippen molar-refractivity contribution in [2.75, 3.05) is 21.3 Å². The van der Waals surface area contributed by atoms with Crippen LogP contribution >= 0.6 is 0 Å². The van der Waals surface area contributed by atoms with Crippen LogP contribution in [0.25, 0.3) is 0 Å². The van der Waals surface area contributed by atoms with Gasteiger partial charge in [-0.2, -0.15) is 0 Å². The number of methoxy groups -OCH3 is 3. The maximum Gasteiger partial charge on any atom is 0.339 e. The van der Waals surface area contributed by atoms with Crippen molar-refractivity contribution in [3.8, 4) is 0 Å². The van der Waals surface area contributed by atoms with Gasteiger partial charge in [0, 0.05) is 0 Å². The molecule has 0 aromatic carbocycles. The number of hydrogen-bond acceptors (Lipinski definition) is 11. The molecule has 5 N–H and O–H groups in total. The number of ether oxygens (including phenoxy) is 3. The number of hydrogen-bond donors (Lipinski definition) is 5. The third-order valence-electron chi connectivity index (χ3n) is 7.91. The highest BCUT2D eigenvalue weighted by Crippen LogP contribution is 2.28. The summed E-state index contributed by atoms with van der Waals surface area (Å²) in [6, 6.07) is 0. The van der Waals surface area contributed by atoms with Crippen LogP contribution in [0.4, 0.5) is 0 Å². The molecule has 0 rings (SSSR count). The lowest BCUT2D eigenvalue weighted by Gasteiger charge is -2.28. The van der Waals surface area contributed by atoms with Crippen LogP contribution in [0.2, 0.25) is 0 Å². The molecule has 2 unspecified atom stereocenters. The fourth-order valence-electron chi connectivity index (χ4n) is 5.06. The van der Waals surface area contributed by atoms with Crippen LogP contribution in [0.5, 0.6) is 0 Å². The molecule has 0 aliphatic carbocycles. The largest absolute Gasteiger partial charge is 0.481 e. The first kappa shape index (κ1) is 45.9. The summed E-state index contributed by atoms with van der Waals surface area (Å²) in [4.78, 5) is 66.8. The molecule has 0 fully saturated rings. The highest BCUT2D eigenvalue weighted by atomic mass is 16.6. The van der Waals surface area contributed by atoms with Crippen LogP contribution in [0.3, 0.4) is 0 Å². The van der Waals surface area contributed by atoms with Crippen LogP contribution in [0, 0.1) is 5.92 Å². The average molecular weight is 679 g/mol. The molecule has 0 aliphatic rings. The quantitative estimate of drug-likeness (QED) is 0.0452. The van der Waals surface area contributed by atoms with Crippen molar-refractivity contribution in [3.05, 3.63) is 0 Å². The molecule has 0 aromatic rings. The fraction of sp³-hybridized carbons (Fsp3) is 0.818. The zero-order chi connectivity index (χ0) is 36.3. The summed E-state index contributed by atoms with van der Waals surface area (Å²) >= 11 is 0. The Morgan fingerprint density at radius 1 is 0.553 bits per heavy atom. The van der Waals surface area contributed by atoms with E-state index in [1.165, 1.54) is 70.6 Å². The lowest BCUT2D eigenvalue weighted by Crippen LogP contribution is -2.50. The third-order valence-corrected chi connectivity index (χ3v) is 7.91. The second-order valence-electron chi connectivity index (χ2n) is 11.8. The molecule has 14 heteroatoms. The summed E-state index contributed by atoms with van der Waals surface area (Å²) < 4.78 is 12.9. The number of aliphatic carboxylic acids is 3. The Kier molecular flexibility index (Phi) is 26.1. The van der Waals surface area contributed by atoms with Gasteiger partial charge in [-0.25, -0.2) is 9.59 Å². The molecule has 0 aliphatic heterocycles. The molecule has 0 spiro atoms. The number of aliphatic hydroxyl groups is 2. The van der Waals surface area contributed by atoms with Crippen molar-refractivity contribution in [1.82, 2.24) is 0 Å². The van der Waals surface area contributed by atoms with Crippen LogP contribution in [0.1, 0.15) is 135 Å². The number of carboxylic acids is 3. The first-order valence-electron chi connectivity index (χ1n) is 16.5. The maximum atomic E-state index is 11.4. The first-order chi connectivity index (χ1) is 22.1. The summed E-state index contributed by atoms with van der Waals surface area (Å²) in [5, 5.41) is 47.2. The zero-order valence-electron chi connectivity index (χ0n) is 28.6. The van der Waals surface area contributed by atoms with Gasteiger partial charge < -0.3 is 39.7 Å². The number of rotatable bonds is 27. The number of unbranched alkanes of at least 4 members (excludes halogenated alkanes) is 15. The van der Waals surface area contributed by atoms with E-state index in [2.05, 4.69) is 21.1 Å². The molecule has 0 aromatic heterocycles. The van der Waals surface area contributed by atoms with Crippen molar-refractivity contribution >= 4 is 35.8 Å². The van der Waals surface area contributed by atoms with E-state index in [1.807, 2.05) is 0 Å². The fourth-order valence-corrected chi connectivity index (χ4v) is 5.06. The molecule has 0 bridgehead atoms. The minimum absolute atomic E-state index is 0.0517. The molecule has 0 saturated heterocycles. The SMILES string of the molecule is CCCCCCCCCCCCCCCCCCC(C(=O)O)C(O)(CC(=O)O)C(=O)O.COC(=O)CC(O)(CC(=O)OC)C(=O)OC. The summed E-state index contributed by atoms with van der Waals surface area (Å²) in [6.07, 6.45) is 16.3. The van der Waals surface area contributed by atoms with Gasteiger partial charge in [0.1, 0.15) is 0 Å². The van der Waals surface area contributed by atoms with Gasteiger partial charge in [0.15, 0.2) is 11.2 Å². The molecule has 47 heavy (non-hydrogen) atoms. The lowest BCUT2D eigenvalue weighted by atomic mass is 9.81. The number of carbonyl (C=O) groups excluding carboxylic acids is 3. The van der Waals surface area contributed by atoms with Gasteiger partial charge in [-0.15, -0.1) is 0 Å². The Hall–Kier alpha value is -3.26. The summed E-state index contributed by atoms with van der Waals surface area (Å²) in [6.45, 7) is 2.24. The van der Waals surface area contributed by atoms with E-state index in [-0.39, 0.29) is 6.42 Å². The molecular formula is C33H58O14. The molecule has 2 atom stereocenters. The number of esters is 3. The van der Waals surface area contributed by atoms with E-state index in [4.69, 9.17) is 10.2 Å². The van der Waals surface area contributed by atoms with Crippen LogP contribution in [-0.4, -0.2) is 93.9 Å². The minimum atomic E-state index is -2.78. The smallest absolute Gasteiger partial charge is 0.339 e. The standard InChI is InChI=1S/C24H44O7.C9H14O7/c1-2-3-4-5-6-7-8-9-10-11-12-13-14-15-16-17-18-20(22(27)28)24(31,23(29)30)19-21(25)26;1-14-6(10)4-9(13,8(12)16-3)5-7(11)15-2/h20,31H,2-19H2,1H3,(H,25,26)(H,27,28)(H,29,30);13H,4-5H2,1-3H3. The Morgan fingerprint density at radius 2 is 0.915 bits per heavy atom. The number of carbonyl (C=O) groups is 6. The van der Waals surface area contributed by atoms with Crippen LogP contribution in [-0.2, 0) is 43.0 Å². The van der Waals surface area contributed by atoms with Gasteiger partial charge in [-0.05, 0) is 6.42 Å². The van der Waals surface area contributed by atoms with E-state index in [0.29, 0.717) is 6.42 Å². The predicted molar refractivity (Wildman–Crippen MR) is 170 cm³/mol. The topological polar surface area (TPSA) is 231 Å². The Labute approximate surface area is 278 Å². The van der Waals surface area contributed by atoms with Crippen molar-refractivity contribution in [2.24, 2.45) is 5.92 Å². The van der Waals surface area contributed by atoms with Gasteiger partial charge in [0.05, 0.1) is 46.5 Å². The molecule has 0 heterocycles. The molecule has 14 nitrogen and oxygen atoms in total. The molecule has 0 amide bonds. The van der Waals surface area contributed by atoms with Gasteiger partial charge in [-0.3, -0.25) is 19.2 Å². The molecule has 0 radical (unpaired) electrons. The second kappa shape index (κ2) is 26.8. The number of carboxylic acid groups (broad SMARTS) is 3. The Morgan fingerprint density at radius 3 is 1.19 bits per heavy atom. The van der Waals surface area contributed by atoms with E-state index < -0.39 is 72.2 Å². The normalized spacial score (nSPS) is 12.9. The van der Waals surface area contributed by atoms with Crippen molar-refractivity contribution in [1.29, 1.82) is 0 Å². The minimum Gasteiger partial charge on any atom is -0.481 e. The second-order valence-corrected chi connectivity index (χ2v) is 11.8. The van der Waals surface area contributed by atoms with Crippen molar-refractivity contribution in [3.63, 3.8) is 0 Å². The Balaban J connectivity index is 0. The van der Waals surface area contributed by atoms with E-state index >= 15 is 0 Å². The predicted octanol–water partition coefficient (Wildman–Crippen LogP) is 4.65. The van der Waals surface area contributed by atoms with E-state index in [1.54, 1.807) is 0 Å². The van der Waals surface area contributed by atoms with Gasteiger partial charge >= 0.3 is 35.8 Å². The van der Waals surface area contributed by atoms with Gasteiger partial charge in [-0.1, -0.05) is 110 Å². The molecular weight excluding hydrogens is 620 g/mol. The van der Waals surface area contributed by atoms with Crippen LogP contribution < -0.4 is 0 Å². The van der Waals surface area contributed by atoms with Crippen molar-refractivity contribution in [2.45, 2.75) is 147 Å². The lowest BCUT2D eigenvalue weighted by molar-refractivity contribution is -0.179. The molecule has 0 saturated carbocycles. The van der Waals surface area contributed by atoms with Crippen LogP contribution in [0.15, 0.2) is 0 Å².